The van der Waals surface area contributed by atoms with Gasteiger partial charge in [0, 0.05) is 5.22 Å². The first-order chi connectivity index (χ1) is 5.90. The van der Waals surface area contributed by atoms with Gasteiger partial charge in [0.2, 0.25) is 6.23 Å². The second-order valence-electron chi connectivity index (χ2n) is 2.47. The lowest BCUT2D eigenvalue weighted by Crippen LogP contribution is -2.32. The van der Waals surface area contributed by atoms with Gasteiger partial charge >= 0.3 is 1.43 Å². The van der Waals surface area contributed by atoms with Crippen LogP contribution in [0.4, 0.5) is 0 Å². The van der Waals surface area contributed by atoms with Crippen LogP contribution in [0, 0.1) is 0 Å². The maximum Gasteiger partial charge on any atom is 1.00 e. The molecule has 3 nitrogen and oxygen atoms in total. The zero-order valence-electron chi connectivity index (χ0n) is 7.31. The number of benzene rings is 1. The van der Waals surface area contributed by atoms with Crippen molar-refractivity contribution in [1.29, 1.82) is 0 Å². The Balaban J connectivity index is 0.000000845. The maximum atomic E-state index is 10.3. The molecule has 0 aromatic heterocycles. The lowest BCUT2D eigenvalue weighted by Gasteiger charge is -2.07. The highest BCUT2D eigenvalue weighted by atomic mass is 16.5. The molecule has 1 aromatic rings. The van der Waals surface area contributed by atoms with Gasteiger partial charge in [0.05, 0.1) is 11.6 Å². The van der Waals surface area contributed by atoms with Crippen LogP contribution in [0.2, 0.25) is 0 Å². The van der Waals surface area contributed by atoms with E-state index in [0.717, 1.165) is 10.6 Å². The standard InChI is InChI=1S/C9H7NO2/c11-5-9-10-8-4-2-1-3-7(8)6-12-9/h1-6,9H/p+1. The van der Waals surface area contributed by atoms with E-state index in [-0.39, 0.29) is 1.43 Å². The molecule has 0 N–H and O–H groups in total. The normalized spacial score (nSPS) is 19.5. The van der Waals surface area contributed by atoms with E-state index in [2.05, 4.69) is 4.99 Å². The van der Waals surface area contributed by atoms with Crippen molar-refractivity contribution in [2.24, 2.45) is 4.99 Å². The van der Waals surface area contributed by atoms with Crippen molar-refractivity contribution in [3.63, 3.8) is 0 Å². The van der Waals surface area contributed by atoms with Crippen LogP contribution in [0.25, 0.3) is 6.26 Å². The largest absolute Gasteiger partial charge is 1.00 e. The van der Waals surface area contributed by atoms with Crippen LogP contribution in [0.1, 0.15) is 1.43 Å². The summed E-state index contributed by atoms with van der Waals surface area (Å²) in [4.78, 5) is 14.4. The molecule has 60 valence electrons. The summed E-state index contributed by atoms with van der Waals surface area (Å²) in [6.07, 6.45) is 1.56. The molecule has 1 aliphatic rings. The maximum absolute atomic E-state index is 10.3. The van der Waals surface area contributed by atoms with E-state index in [9.17, 15) is 4.79 Å². The molecule has 2 rings (SSSR count). The molecule has 0 saturated carbocycles. The highest BCUT2D eigenvalue weighted by Gasteiger charge is 2.05. The molecule has 1 unspecified atom stereocenters. The highest BCUT2D eigenvalue weighted by Crippen LogP contribution is 1.92. The highest BCUT2D eigenvalue weighted by molar-refractivity contribution is 5.56. The Morgan fingerprint density at radius 1 is 1.50 bits per heavy atom. The Labute approximate surface area is 70.5 Å². The van der Waals surface area contributed by atoms with Crippen LogP contribution in [-0.4, -0.2) is 12.5 Å². The van der Waals surface area contributed by atoms with Crippen LogP contribution in [-0.2, 0) is 9.53 Å². The van der Waals surface area contributed by atoms with E-state index in [4.69, 9.17) is 4.74 Å². The molecule has 1 heterocycles. The third-order valence-electron chi connectivity index (χ3n) is 1.65. The first kappa shape index (κ1) is 7.03. The number of carbonyl (C=O) groups excluding carboxylic acids is 1. The summed E-state index contributed by atoms with van der Waals surface area (Å²) in [5, 5.41) is 1.72. The van der Waals surface area contributed by atoms with Gasteiger partial charge in [0.15, 0.2) is 6.29 Å². The summed E-state index contributed by atoms with van der Waals surface area (Å²) < 4.78 is 4.99. The summed E-state index contributed by atoms with van der Waals surface area (Å²) in [7, 11) is 0. The topological polar surface area (TPSA) is 38.7 Å². The predicted octanol–water partition coefficient (Wildman–Crippen LogP) is -0.288. The minimum absolute atomic E-state index is 0. The van der Waals surface area contributed by atoms with Gasteiger partial charge in [-0.25, -0.2) is 4.99 Å². The minimum Gasteiger partial charge on any atom is -0.469 e. The number of rotatable bonds is 1. The van der Waals surface area contributed by atoms with Gasteiger partial charge in [0.25, 0.3) is 0 Å². The van der Waals surface area contributed by atoms with Gasteiger partial charge in [-0.1, -0.05) is 12.1 Å². The molecule has 0 bridgehead atoms. The smallest absolute Gasteiger partial charge is 0.469 e. The molecule has 0 fully saturated rings. The number of carbonyl (C=O) groups is 1. The van der Waals surface area contributed by atoms with Crippen LogP contribution >= 0.6 is 0 Å². The van der Waals surface area contributed by atoms with Gasteiger partial charge in [-0.05, 0) is 12.1 Å². The van der Waals surface area contributed by atoms with Gasteiger partial charge in [0.1, 0.15) is 0 Å². The molecule has 0 spiro atoms. The summed E-state index contributed by atoms with van der Waals surface area (Å²) >= 11 is 0. The summed E-state index contributed by atoms with van der Waals surface area (Å²) in [6, 6.07) is 7.52. The molecular formula is C9H8NO2+. The monoisotopic (exact) mass is 162 g/mol. The van der Waals surface area contributed by atoms with Crippen molar-refractivity contribution in [3.05, 3.63) is 34.8 Å². The lowest BCUT2D eigenvalue weighted by atomic mass is 10.3. The Kier molecular flexibility index (Phi) is 1.63. The number of fused-ring (bicyclic) bond motifs is 1. The Hall–Kier alpha value is -1.64. The first-order valence-corrected chi connectivity index (χ1v) is 3.64. The van der Waals surface area contributed by atoms with E-state index in [0.29, 0.717) is 6.29 Å². The van der Waals surface area contributed by atoms with Crippen molar-refractivity contribution in [2.45, 2.75) is 6.23 Å². The zero-order chi connectivity index (χ0) is 8.39. The number of ether oxygens (including phenoxy) is 1. The lowest BCUT2D eigenvalue weighted by molar-refractivity contribution is -0.114. The summed E-state index contributed by atoms with van der Waals surface area (Å²) in [5.74, 6) is 0. The molecule has 1 atom stereocenters. The van der Waals surface area contributed by atoms with Crippen LogP contribution in [0.3, 0.4) is 0 Å². The number of aldehydes is 1. The quantitative estimate of drug-likeness (QED) is 0.532. The zero-order valence-corrected chi connectivity index (χ0v) is 6.31. The number of hydrogen-bond donors (Lipinski definition) is 0. The molecule has 3 heteroatoms. The fraction of sp³-hybridized carbons (Fsp3) is 0.111. The van der Waals surface area contributed by atoms with Crippen molar-refractivity contribution >= 4 is 12.5 Å². The van der Waals surface area contributed by atoms with Crippen LogP contribution < -0.4 is 10.6 Å². The molecule has 0 radical (unpaired) electrons. The second-order valence-corrected chi connectivity index (χ2v) is 2.47. The van der Waals surface area contributed by atoms with Gasteiger partial charge < -0.3 is 4.74 Å². The third-order valence-corrected chi connectivity index (χ3v) is 1.65. The Morgan fingerprint density at radius 3 is 3.17 bits per heavy atom. The van der Waals surface area contributed by atoms with E-state index in [1.54, 1.807) is 6.26 Å². The second kappa shape index (κ2) is 2.77. The number of hydrogen-bond acceptors (Lipinski definition) is 3. The minimum atomic E-state index is -0.667. The Bertz CT molecular complexity index is 416. The first-order valence-electron chi connectivity index (χ1n) is 3.64. The van der Waals surface area contributed by atoms with E-state index < -0.39 is 6.23 Å². The fourth-order valence-corrected chi connectivity index (χ4v) is 1.08. The van der Waals surface area contributed by atoms with E-state index in [1.165, 1.54) is 0 Å². The number of para-hydroxylation sites is 1. The molecule has 12 heavy (non-hydrogen) atoms. The fourth-order valence-electron chi connectivity index (χ4n) is 1.08. The third kappa shape index (κ3) is 1.09. The van der Waals surface area contributed by atoms with Crippen molar-refractivity contribution in [3.8, 4) is 0 Å². The molecule has 0 saturated heterocycles. The Morgan fingerprint density at radius 2 is 2.33 bits per heavy atom. The molecule has 1 aliphatic heterocycles. The average molecular weight is 162 g/mol. The van der Waals surface area contributed by atoms with Crippen molar-refractivity contribution in [2.75, 3.05) is 0 Å². The van der Waals surface area contributed by atoms with Gasteiger partial charge in [-0.15, -0.1) is 0 Å². The molecular weight excluding hydrogens is 154 g/mol. The number of nitrogens with zero attached hydrogens (tertiary/aromatic N) is 1. The summed E-state index contributed by atoms with van der Waals surface area (Å²) in [6.45, 7) is 0. The van der Waals surface area contributed by atoms with Crippen molar-refractivity contribution < 1.29 is 11.0 Å². The van der Waals surface area contributed by atoms with Gasteiger partial charge in [-0.3, -0.25) is 4.79 Å². The summed E-state index contributed by atoms with van der Waals surface area (Å²) in [5.41, 5.74) is 0. The van der Waals surface area contributed by atoms with E-state index >= 15 is 0 Å². The van der Waals surface area contributed by atoms with Crippen LogP contribution in [0.5, 0.6) is 0 Å². The van der Waals surface area contributed by atoms with Crippen LogP contribution in [0.15, 0.2) is 29.3 Å². The van der Waals surface area contributed by atoms with E-state index in [1.807, 2.05) is 24.3 Å². The molecule has 0 amide bonds. The SMILES string of the molecule is O=CC1N=c2ccccc2=CO1.[H+]. The average Bonchev–Trinajstić information content (AvgIpc) is 2.17. The van der Waals surface area contributed by atoms with Gasteiger partial charge in [-0.2, -0.15) is 0 Å². The predicted molar refractivity (Wildman–Crippen MR) is 43.7 cm³/mol. The molecule has 0 aliphatic carbocycles. The van der Waals surface area contributed by atoms with Crippen molar-refractivity contribution in [1.82, 2.24) is 0 Å². The molecule has 1 aromatic carbocycles.